The van der Waals surface area contributed by atoms with Gasteiger partial charge in [0.1, 0.15) is 12.3 Å². The molecule has 144 valence electrons. The number of oxazole rings is 1. The van der Waals surface area contributed by atoms with Crippen molar-refractivity contribution in [2.75, 3.05) is 13.6 Å². The van der Waals surface area contributed by atoms with E-state index in [1.54, 1.807) is 24.2 Å². The molecule has 1 atom stereocenters. The van der Waals surface area contributed by atoms with E-state index in [9.17, 15) is 4.79 Å². The number of aromatic nitrogens is 3. The summed E-state index contributed by atoms with van der Waals surface area (Å²) in [7, 11) is 3.58. The van der Waals surface area contributed by atoms with E-state index >= 15 is 0 Å². The number of hydrogen-bond donors (Lipinski definition) is 2. The van der Waals surface area contributed by atoms with Crippen LogP contribution >= 0.6 is 12.4 Å². The molecular formula is C19H24ClN5O2. The van der Waals surface area contributed by atoms with Crippen LogP contribution in [0.3, 0.4) is 0 Å². The van der Waals surface area contributed by atoms with E-state index in [-0.39, 0.29) is 18.3 Å². The summed E-state index contributed by atoms with van der Waals surface area (Å²) >= 11 is 0. The lowest BCUT2D eigenvalue weighted by Gasteiger charge is -2.14. The molecule has 2 aromatic heterocycles. The lowest BCUT2D eigenvalue weighted by Crippen LogP contribution is -2.36. The van der Waals surface area contributed by atoms with Crippen molar-refractivity contribution >= 4 is 18.3 Å². The van der Waals surface area contributed by atoms with Crippen molar-refractivity contribution in [3.63, 3.8) is 0 Å². The van der Waals surface area contributed by atoms with Crippen molar-refractivity contribution in [1.29, 1.82) is 0 Å². The normalized spacial score (nSPS) is 11.7. The monoisotopic (exact) mass is 389 g/mol. The minimum Gasteiger partial charge on any atom is -0.444 e. The molecule has 0 saturated heterocycles. The molecule has 0 aliphatic heterocycles. The van der Waals surface area contributed by atoms with E-state index in [1.807, 2.05) is 44.4 Å². The van der Waals surface area contributed by atoms with Crippen LogP contribution in [0.5, 0.6) is 0 Å². The summed E-state index contributed by atoms with van der Waals surface area (Å²) in [5.74, 6) is 0.498. The van der Waals surface area contributed by atoms with E-state index in [0.717, 1.165) is 16.8 Å². The average molecular weight is 390 g/mol. The van der Waals surface area contributed by atoms with Crippen LogP contribution in [0.1, 0.15) is 22.9 Å². The van der Waals surface area contributed by atoms with Crippen molar-refractivity contribution in [3.8, 4) is 11.5 Å². The third kappa shape index (κ3) is 5.18. The van der Waals surface area contributed by atoms with E-state index in [2.05, 4.69) is 20.7 Å². The summed E-state index contributed by atoms with van der Waals surface area (Å²) in [5.41, 5.74) is 3.77. The van der Waals surface area contributed by atoms with E-state index in [0.29, 0.717) is 18.9 Å². The Morgan fingerprint density at radius 1 is 1.30 bits per heavy atom. The number of carbonyl (C=O) groups excluding carboxylic acids is 1. The molecule has 0 saturated carbocycles. The summed E-state index contributed by atoms with van der Waals surface area (Å²) in [4.78, 5) is 16.9. The Morgan fingerprint density at radius 3 is 2.67 bits per heavy atom. The Balaban J connectivity index is 0.00000261. The average Bonchev–Trinajstić information content (AvgIpc) is 3.26. The molecule has 3 rings (SSSR count). The topological polar surface area (TPSA) is 85.0 Å². The Labute approximate surface area is 164 Å². The number of likely N-dealkylation sites (N-methyl/N-ethyl adjacent to an activating group) is 1. The zero-order valence-corrected chi connectivity index (χ0v) is 16.4. The minimum absolute atomic E-state index is 0. The molecule has 1 amide bonds. The Morgan fingerprint density at radius 2 is 2.04 bits per heavy atom. The highest BCUT2D eigenvalue weighted by molar-refractivity contribution is 5.85. The van der Waals surface area contributed by atoms with Crippen LogP contribution in [0.15, 0.2) is 47.3 Å². The van der Waals surface area contributed by atoms with Gasteiger partial charge in [-0.3, -0.25) is 9.48 Å². The molecule has 7 nitrogen and oxygen atoms in total. The quantitative estimate of drug-likeness (QED) is 0.648. The number of aryl methyl sites for hydroxylation is 2. The molecule has 2 heterocycles. The molecular weight excluding hydrogens is 366 g/mol. The van der Waals surface area contributed by atoms with Gasteiger partial charge in [0.05, 0.1) is 11.9 Å². The van der Waals surface area contributed by atoms with Gasteiger partial charge in [-0.2, -0.15) is 5.10 Å². The molecule has 2 N–H and O–H groups in total. The van der Waals surface area contributed by atoms with Gasteiger partial charge in [-0.1, -0.05) is 17.7 Å². The summed E-state index contributed by atoms with van der Waals surface area (Å²) in [5, 5.41) is 10.0. The Bertz CT molecular complexity index is 872. The highest BCUT2D eigenvalue weighted by Crippen LogP contribution is 2.19. The number of benzene rings is 1. The molecule has 0 aliphatic carbocycles. The van der Waals surface area contributed by atoms with Crippen LogP contribution in [0.25, 0.3) is 11.5 Å². The maximum Gasteiger partial charge on any atom is 0.241 e. The number of nitrogens with one attached hydrogen (secondary N) is 2. The largest absolute Gasteiger partial charge is 0.444 e. The van der Waals surface area contributed by atoms with E-state index < -0.39 is 6.04 Å². The van der Waals surface area contributed by atoms with Crippen LogP contribution in [0.4, 0.5) is 0 Å². The molecule has 8 heteroatoms. The predicted octanol–water partition coefficient (Wildman–Crippen LogP) is 2.42. The molecule has 0 spiro atoms. The van der Waals surface area contributed by atoms with Gasteiger partial charge in [0.25, 0.3) is 0 Å². The lowest BCUT2D eigenvalue weighted by molar-refractivity contribution is -0.123. The molecule has 27 heavy (non-hydrogen) atoms. The third-order valence-corrected chi connectivity index (χ3v) is 4.14. The van der Waals surface area contributed by atoms with Crippen LogP contribution in [-0.2, 0) is 18.3 Å². The van der Waals surface area contributed by atoms with E-state index in [1.165, 1.54) is 5.56 Å². The van der Waals surface area contributed by atoms with Crippen molar-refractivity contribution in [1.82, 2.24) is 25.4 Å². The summed E-state index contributed by atoms with van der Waals surface area (Å²) < 4.78 is 7.22. The number of carbonyl (C=O) groups is 1. The minimum atomic E-state index is -0.427. The smallest absolute Gasteiger partial charge is 0.241 e. The lowest BCUT2D eigenvalue weighted by atomic mass is 10.1. The van der Waals surface area contributed by atoms with E-state index in [4.69, 9.17) is 4.42 Å². The fourth-order valence-corrected chi connectivity index (χ4v) is 2.70. The van der Waals surface area contributed by atoms with Crippen molar-refractivity contribution < 1.29 is 9.21 Å². The molecule has 0 radical (unpaired) electrons. The zero-order chi connectivity index (χ0) is 18.5. The number of hydrogen-bond acceptors (Lipinski definition) is 5. The van der Waals surface area contributed by atoms with Gasteiger partial charge in [0, 0.05) is 37.3 Å². The Hall–Kier alpha value is -2.64. The van der Waals surface area contributed by atoms with Gasteiger partial charge in [-0.25, -0.2) is 4.98 Å². The number of rotatable bonds is 7. The number of halogens is 1. The first-order chi connectivity index (χ1) is 12.6. The van der Waals surface area contributed by atoms with Crippen LogP contribution in [0, 0.1) is 6.92 Å². The van der Waals surface area contributed by atoms with Crippen molar-refractivity contribution in [2.45, 2.75) is 19.4 Å². The second-order valence-corrected chi connectivity index (χ2v) is 6.22. The fraction of sp³-hybridized carbons (Fsp3) is 0.316. The first-order valence-corrected chi connectivity index (χ1v) is 8.52. The van der Waals surface area contributed by atoms with Gasteiger partial charge in [0.2, 0.25) is 11.8 Å². The highest BCUT2D eigenvalue weighted by Gasteiger charge is 2.19. The van der Waals surface area contributed by atoms with Gasteiger partial charge in [-0.15, -0.1) is 12.4 Å². The first-order valence-electron chi connectivity index (χ1n) is 8.52. The predicted molar refractivity (Wildman–Crippen MR) is 106 cm³/mol. The van der Waals surface area contributed by atoms with Crippen molar-refractivity contribution in [2.24, 2.45) is 7.05 Å². The van der Waals surface area contributed by atoms with Gasteiger partial charge >= 0.3 is 0 Å². The maximum atomic E-state index is 12.4. The highest BCUT2D eigenvalue weighted by atomic mass is 35.5. The molecule has 0 bridgehead atoms. The standard InChI is InChI=1S/C19H23N5O2.ClH/c1-13-4-6-14(7-5-13)19-23-16(12-26-19)8-9-21-18(25)17(20-2)15-10-22-24(3)11-15;/h4-7,10-12,17,20H,8-9H2,1-3H3,(H,21,25);1H. The number of amides is 1. The van der Waals surface area contributed by atoms with Crippen LogP contribution < -0.4 is 10.6 Å². The Kier molecular flexibility index (Phi) is 7.15. The van der Waals surface area contributed by atoms with Gasteiger partial charge in [0.15, 0.2) is 0 Å². The summed E-state index contributed by atoms with van der Waals surface area (Å²) in [6.07, 6.45) is 5.75. The fourth-order valence-electron chi connectivity index (χ4n) is 2.70. The zero-order valence-electron chi connectivity index (χ0n) is 15.6. The molecule has 0 aliphatic rings. The molecule has 1 unspecified atom stereocenters. The molecule has 0 fully saturated rings. The maximum absolute atomic E-state index is 12.4. The number of nitrogens with zero attached hydrogens (tertiary/aromatic N) is 3. The van der Waals surface area contributed by atoms with Crippen molar-refractivity contribution in [3.05, 3.63) is 59.7 Å². The van der Waals surface area contributed by atoms with Gasteiger partial charge in [-0.05, 0) is 26.1 Å². The second kappa shape index (κ2) is 9.34. The van der Waals surface area contributed by atoms with Crippen LogP contribution in [0.2, 0.25) is 0 Å². The SMILES string of the molecule is CNC(C(=O)NCCc1coc(-c2ccc(C)cc2)n1)c1cnn(C)c1.Cl. The molecule has 3 aromatic rings. The summed E-state index contributed by atoms with van der Waals surface area (Å²) in [6.45, 7) is 2.52. The summed E-state index contributed by atoms with van der Waals surface area (Å²) in [6, 6.07) is 7.59. The van der Waals surface area contributed by atoms with Crippen LogP contribution in [-0.4, -0.2) is 34.3 Å². The third-order valence-electron chi connectivity index (χ3n) is 4.14. The first kappa shape index (κ1) is 20.7. The second-order valence-electron chi connectivity index (χ2n) is 6.22. The van der Waals surface area contributed by atoms with Gasteiger partial charge < -0.3 is 15.1 Å². The molecule has 1 aromatic carbocycles.